The van der Waals surface area contributed by atoms with Gasteiger partial charge in [-0.3, -0.25) is 0 Å². The molecule has 1 heterocycles. The molecule has 0 saturated heterocycles. The summed E-state index contributed by atoms with van der Waals surface area (Å²) in [5.41, 5.74) is -0.0554. The first kappa shape index (κ1) is 14.4. The lowest BCUT2D eigenvalue weighted by Gasteiger charge is -2.17. The predicted octanol–water partition coefficient (Wildman–Crippen LogP) is 2.99. The summed E-state index contributed by atoms with van der Waals surface area (Å²) in [6, 6.07) is 1.88. The summed E-state index contributed by atoms with van der Waals surface area (Å²) in [7, 11) is 0. The summed E-state index contributed by atoms with van der Waals surface area (Å²) in [4.78, 5) is 8.88. The van der Waals surface area contributed by atoms with E-state index < -0.39 is 0 Å². The molecule has 0 radical (unpaired) electrons. The summed E-state index contributed by atoms with van der Waals surface area (Å²) < 4.78 is 6.07. The Labute approximate surface area is 111 Å². The summed E-state index contributed by atoms with van der Waals surface area (Å²) in [6.45, 7) is 10.4. The van der Waals surface area contributed by atoms with Crippen molar-refractivity contribution < 1.29 is 4.74 Å². The summed E-state index contributed by atoms with van der Waals surface area (Å²) in [5, 5.41) is 3.23. The number of nitrogens with zero attached hydrogens (tertiary/aromatic N) is 2. The van der Waals surface area contributed by atoms with Crippen molar-refractivity contribution in [2.24, 2.45) is 0 Å². The van der Waals surface area contributed by atoms with Gasteiger partial charge in [0.05, 0.1) is 6.61 Å². The van der Waals surface area contributed by atoms with Crippen LogP contribution in [0.2, 0.25) is 0 Å². The number of aromatic nitrogens is 2. The highest BCUT2D eigenvalue weighted by molar-refractivity contribution is 9.10. The number of halogens is 1. The van der Waals surface area contributed by atoms with Crippen LogP contribution >= 0.6 is 15.9 Å². The molecule has 1 aromatic heterocycles. The molecule has 0 atom stereocenters. The maximum atomic E-state index is 5.27. The lowest BCUT2D eigenvalue weighted by Crippen LogP contribution is -2.18. The molecule has 0 amide bonds. The Balaban J connectivity index is 2.69. The first-order valence-corrected chi connectivity index (χ1v) is 6.59. The molecule has 0 bridgehead atoms. The van der Waals surface area contributed by atoms with Gasteiger partial charge in [-0.15, -0.1) is 0 Å². The third-order valence-electron chi connectivity index (χ3n) is 2.12. The van der Waals surface area contributed by atoms with Gasteiger partial charge in [-0.05, 0) is 22.9 Å². The molecule has 0 aromatic carbocycles. The molecule has 1 N–H and O–H groups in total. The van der Waals surface area contributed by atoms with E-state index in [1.807, 2.05) is 13.0 Å². The predicted molar refractivity (Wildman–Crippen MR) is 73.4 cm³/mol. The van der Waals surface area contributed by atoms with Crippen molar-refractivity contribution in [3.05, 3.63) is 16.5 Å². The smallest absolute Gasteiger partial charge is 0.137 e. The monoisotopic (exact) mass is 301 g/mol. The average Bonchev–Trinajstić information content (AvgIpc) is 2.22. The first-order valence-electron chi connectivity index (χ1n) is 5.80. The van der Waals surface area contributed by atoms with E-state index in [2.05, 4.69) is 52.0 Å². The average molecular weight is 302 g/mol. The molecule has 1 aromatic rings. The van der Waals surface area contributed by atoms with Crippen LogP contribution in [0.1, 0.15) is 33.5 Å². The summed E-state index contributed by atoms with van der Waals surface area (Å²) in [5.74, 6) is 1.65. The SMILES string of the molecule is CCOCCNc1cc(Br)nc(C(C)(C)C)n1. The number of hydrogen-bond acceptors (Lipinski definition) is 4. The zero-order valence-electron chi connectivity index (χ0n) is 10.9. The van der Waals surface area contributed by atoms with Crippen molar-refractivity contribution in [1.82, 2.24) is 9.97 Å². The van der Waals surface area contributed by atoms with E-state index in [9.17, 15) is 0 Å². The zero-order valence-corrected chi connectivity index (χ0v) is 12.5. The van der Waals surface area contributed by atoms with Crippen molar-refractivity contribution in [2.75, 3.05) is 25.1 Å². The molecule has 17 heavy (non-hydrogen) atoms. The Hall–Kier alpha value is -0.680. The second-order valence-electron chi connectivity index (χ2n) is 4.77. The Morgan fingerprint density at radius 2 is 2.06 bits per heavy atom. The fourth-order valence-electron chi connectivity index (χ4n) is 1.24. The fraction of sp³-hybridized carbons (Fsp3) is 0.667. The molecule has 0 fully saturated rings. The van der Waals surface area contributed by atoms with Crippen molar-refractivity contribution in [3.8, 4) is 0 Å². The van der Waals surface area contributed by atoms with Gasteiger partial charge in [-0.25, -0.2) is 9.97 Å². The molecule has 0 aliphatic rings. The van der Waals surface area contributed by atoms with Gasteiger partial charge in [0.2, 0.25) is 0 Å². The number of hydrogen-bond donors (Lipinski definition) is 1. The minimum absolute atomic E-state index is 0.0554. The maximum absolute atomic E-state index is 5.27. The molecule has 0 aliphatic carbocycles. The van der Waals surface area contributed by atoms with Crippen LogP contribution in [0.3, 0.4) is 0 Å². The van der Waals surface area contributed by atoms with Gasteiger partial charge in [0.1, 0.15) is 16.2 Å². The lowest BCUT2D eigenvalue weighted by molar-refractivity contribution is 0.158. The standard InChI is InChI=1S/C12H20BrN3O/c1-5-17-7-6-14-10-8-9(13)15-11(16-10)12(2,3)4/h8H,5-7H2,1-4H3,(H,14,15,16). The van der Waals surface area contributed by atoms with Gasteiger partial charge < -0.3 is 10.1 Å². The van der Waals surface area contributed by atoms with Crippen LogP contribution in [0, 0.1) is 0 Å². The van der Waals surface area contributed by atoms with Gasteiger partial charge in [0, 0.05) is 24.6 Å². The lowest BCUT2D eigenvalue weighted by atomic mass is 9.96. The third kappa shape index (κ3) is 5.00. The van der Waals surface area contributed by atoms with E-state index in [1.165, 1.54) is 0 Å². The third-order valence-corrected chi connectivity index (χ3v) is 2.53. The van der Waals surface area contributed by atoms with Crippen LogP contribution in [0.15, 0.2) is 10.7 Å². The first-order chi connectivity index (χ1) is 7.93. The molecule has 0 saturated carbocycles. The second kappa shape index (κ2) is 6.31. The zero-order chi connectivity index (χ0) is 12.9. The molecule has 96 valence electrons. The molecular formula is C12H20BrN3O. The largest absolute Gasteiger partial charge is 0.380 e. The van der Waals surface area contributed by atoms with E-state index in [0.29, 0.717) is 6.61 Å². The van der Waals surface area contributed by atoms with E-state index in [4.69, 9.17) is 4.74 Å². The number of ether oxygens (including phenoxy) is 1. The second-order valence-corrected chi connectivity index (χ2v) is 5.59. The molecule has 0 spiro atoms. The van der Waals surface area contributed by atoms with E-state index in [1.54, 1.807) is 0 Å². The van der Waals surface area contributed by atoms with Crippen LogP contribution in [0.4, 0.5) is 5.82 Å². The fourth-order valence-corrected chi connectivity index (χ4v) is 1.62. The minimum Gasteiger partial charge on any atom is -0.380 e. The molecule has 5 heteroatoms. The molecule has 0 unspecified atom stereocenters. The van der Waals surface area contributed by atoms with Gasteiger partial charge in [0.15, 0.2) is 0 Å². The molecule has 0 aliphatic heterocycles. The van der Waals surface area contributed by atoms with Crippen molar-refractivity contribution in [1.29, 1.82) is 0 Å². The van der Waals surface area contributed by atoms with Crippen LogP contribution in [0.25, 0.3) is 0 Å². The minimum atomic E-state index is -0.0554. The summed E-state index contributed by atoms with van der Waals surface area (Å²) in [6.07, 6.45) is 0. The van der Waals surface area contributed by atoms with Gasteiger partial charge in [-0.2, -0.15) is 0 Å². The van der Waals surface area contributed by atoms with Crippen LogP contribution < -0.4 is 5.32 Å². The Morgan fingerprint density at radius 3 is 2.65 bits per heavy atom. The Morgan fingerprint density at radius 1 is 1.35 bits per heavy atom. The number of anilines is 1. The van der Waals surface area contributed by atoms with Crippen LogP contribution in [-0.4, -0.2) is 29.7 Å². The van der Waals surface area contributed by atoms with E-state index in [-0.39, 0.29) is 5.41 Å². The topological polar surface area (TPSA) is 47.0 Å². The Bertz CT molecular complexity index is 363. The van der Waals surface area contributed by atoms with Crippen molar-refractivity contribution >= 4 is 21.7 Å². The van der Waals surface area contributed by atoms with E-state index >= 15 is 0 Å². The normalized spacial score (nSPS) is 11.6. The van der Waals surface area contributed by atoms with Crippen LogP contribution in [0.5, 0.6) is 0 Å². The Kier molecular flexibility index (Phi) is 5.33. The molecular weight excluding hydrogens is 282 g/mol. The highest BCUT2D eigenvalue weighted by atomic mass is 79.9. The maximum Gasteiger partial charge on any atom is 0.137 e. The highest BCUT2D eigenvalue weighted by Gasteiger charge is 2.18. The van der Waals surface area contributed by atoms with Crippen molar-refractivity contribution in [2.45, 2.75) is 33.1 Å². The van der Waals surface area contributed by atoms with Crippen molar-refractivity contribution in [3.63, 3.8) is 0 Å². The number of rotatable bonds is 5. The van der Waals surface area contributed by atoms with Gasteiger partial charge in [-0.1, -0.05) is 20.8 Å². The quantitative estimate of drug-likeness (QED) is 0.671. The molecule has 1 rings (SSSR count). The van der Waals surface area contributed by atoms with Gasteiger partial charge >= 0.3 is 0 Å². The molecule has 4 nitrogen and oxygen atoms in total. The highest BCUT2D eigenvalue weighted by Crippen LogP contribution is 2.22. The van der Waals surface area contributed by atoms with Crippen LogP contribution in [-0.2, 0) is 10.2 Å². The van der Waals surface area contributed by atoms with Gasteiger partial charge in [0.25, 0.3) is 0 Å². The van der Waals surface area contributed by atoms with E-state index in [0.717, 1.165) is 29.4 Å². The number of nitrogens with one attached hydrogen (secondary N) is 1. The summed E-state index contributed by atoms with van der Waals surface area (Å²) >= 11 is 3.41.